The van der Waals surface area contributed by atoms with Crippen molar-refractivity contribution in [1.82, 2.24) is 0 Å². The van der Waals surface area contributed by atoms with Gasteiger partial charge in [0.05, 0.1) is 13.5 Å². The standard InChI is InChI=1S/C14H18O3S/c1-9-6-11(17-2)10(7-12(9)18-3)14(4-5-14)8-13(15)16/h6-7H,4-5,8H2,1-3H3,(H,15,16). The molecule has 1 aromatic rings. The van der Waals surface area contributed by atoms with Gasteiger partial charge in [-0.05, 0) is 43.7 Å². The van der Waals surface area contributed by atoms with Gasteiger partial charge in [0.1, 0.15) is 5.75 Å². The molecule has 4 heteroatoms. The maximum absolute atomic E-state index is 11.0. The quantitative estimate of drug-likeness (QED) is 0.831. The molecule has 0 radical (unpaired) electrons. The summed E-state index contributed by atoms with van der Waals surface area (Å²) in [6.07, 6.45) is 4.11. The zero-order chi connectivity index (χ0) is 13.3. The van der Waals surface area contributed by atoms with E-state index in [-0.39, 0.29) is 11.8 Å². The number of carbonyl (C=O) groups is 1. The largest absolute Gasteiger partial charge is 0.496 e. The molecule has 3 nitrogen and oxygen atoms in total. The maximum Gasteiger partial charge on any atom is 0.304 e. The second kappa shape index (κ2) is 4.84. The molecule has 0 saturated heterocycles. The Hall–Kier alpha value is -1.16. The molecule has 0 amide bonds. The third-order valence-electron chi connectivity index (χ3n) is 3.63. The van der Waals surface area contributed by atoms with E-state index in [0.29, 0.717) is 0 Å². The number of carboxylic acids is 1. The van der Waals surface area contributed by atoms with Crippen molar-refractivity contribution in [2.45, 2.75) is 36.5 Å². The van der Waals surface area contributed by atoms with Crippen LogP contribution >= 0.6 is 11.8 Å². The van der Waals surface area contributed by atoms with Gasteiger partial charge in [-0.25, -0.2) is 0 Å². The molecule has 0 aromatic heterocycles. The highest BCUT2D eigenvalue weighted by Crippen LogP contribution is 2.54. The Kier molecular flexibility index (Phi) is 3.57. The van der Waals surface area contributed by atoms with E-state index in [4.69, 9.17) is 9.84 Å². The number of methoxy groups -OCH3 is 1. The molecular formula is C14H18O3S. The average molecular weight is 266 g/mol. The lowest BCUT2D eigenvalue weighted by molar-refractivity contribution is -0.137. The number of thioether (sulfide) groups is 1. The molecule has 1 aliphatic carbocycles. The highest BCUT2D eigenvalue weighted by atomic mass is 32.2. The monoisotopic (exact) mass is 266 g/mol. The molecule has 0 heterocycles. The van der Waals surface area contributed by atoms with Crippen LogP contribution in [0.1, 0.15) is 30.4 Å². The highest BCUT2D eigenvalue weighted by molar-refractivity contribution is 7.98. The van der Waals surface area contributed by atoms with Gasteiger partial charge in [0.2, 0.25) is 0 Å². The van der Waals surface area contributed by atoms with Crippen LogP contribution in [0, 0.1) is 6.92 Å². The summed E-state index contributed by atoms with van der Waals surface area (Å²) in [4.78, 5) is 12.2. The molecule has 0 aliphatic heterocycles. The van der Waals surface area contributed by atoms with E-state index in [9.17, 15) is 4.79 Å². The van der Waals surface area contributed by atoms with Gasteiger partial charge in [-0.1, -0.05) is 0 Å². The second-order valence-corrected chi connectivity index (χ2v) is 5.72. The molecule has 0 atom stereocenters. The Morgan fingerprint density at radius 2 is 2.17 bits per heavy atom. The van der Waals surface area contributed by atoms with Crippen molar-refractivity contribution in [2.24, 2.45) is 0 Å². The summed E-state index contributed by atoms with van der Waals surface area (Å²) in [6.45, 7) is 2.05. The van der Waals surface area contributed by atoms with E-state index >= 15 is 0 Å². The van der Waals surface area contributed by atoms with Gasteiger partial charge in [-0.2, -0.15) is 0 Å². The van der Waals surface area contributed by atoms with Gasteiger partial charge < -0.3 is 9.84 Å². The van der Waals surface area contributed by atoms with Gasteiger partial charge in [0.25, 0.3) is 0 Å². The lowest BCUT2D eigenvalue weighted by Gasteiger charge is -2.19. The van der Waals surface area contributed by atoms with E-state index in [1.807, 2.05) is 12.3 Å². The SMILES string of the molecule is COc1cc(C)c(SC)cc1C1(CC(=O)O)CC1. The van der Waals surface area contributed by atoms with Gasteiger partial charge >= 0.3 is 5.97 Å². The van der Waals surface area contributed by atoms with Crippen molar-refractivity contribution in [3.8, 4) is 5.75 Å². The number of aliphatic carboxylic acids is 1. The van der Waals surface area contributed by atoms with Crippen molar-refractivity contribution < 1.29 is 14.6 Å². The first-order valence-corrected chi connectivity index (χ1v) is 7.20. The molecule has 1 aromatic carbocycles. The fraction of sp³-hybridized carbons (Fsp3) is 0.500. The van der Waals surface area contributed by atoms with Gasteiger partial charge in [0, 0.05) is 15.9 Å². The molecule has 18 heavy (non-hydrogen) atoms. The highest BCUT2D eigenvalue weighted by Gasteiger charge is 2.47. The lowest BCUT2D eigenvalue weighted by Crippen LogP contribution is -2.14. The number of benzene rings is 1. The predicted octanol–water partition coefficient (Wildman–Crippen LogP) is 3.23. The van der Waals surface area contributed by atoms with Gasteiger partial charge in [0.15, 0.2) is 0 Å². The Bertz CT molecular complexity index is 478. The molecule has 0 spiro atoms. The predicted molar refractivity (Wildman–Crippen MR) is 72.7 cm³/mol. The Morgan fingerprint density at radius 3 is 2.61 bits per heavy atom. The summed E-state index contributed by atoms with van der Waals surface area (Å²) in [5, 5.41) is 9.05. The van der Waals surface area contributed by atoms with Crippen LogP contribution in [-0.2, 0) is 10.2 Å². The fourth-order valence-corrected chi connectivity index (χ4v) is 3.06. The molecule has 2 rings (SSSR count). The summed E-state index contributed by atoms with van der Waals surface area (Å²) < 4.78 is 5.43. The van der Waals surface area contributed by atoms with E-state index in [0.717, 1.165) is 24.2 Å². The Morgan fingerprint density at radius 1 is 1.50 bits per heavy atom. The second-order valence-electron chi connectivity index (χ2n) is 4.87. The molecule has 98 valence electrons. The molecule has 1 N–H and O–H groups in total. The number of hydrogen-bond donors (Lipinski definition) is 1. The van der Waals surface area contributed by atoms with Crippen molar-refractivity contribution in [2.75, 3.05) is 13.4 Å². The van der Waals surface area contributed by atoms with Gasteiger partial charge in [-0.15, -0.1) is 11.8 Å². The summed E-state index contributed by atoms with van der Waals surface area (Å²) in [6, 6.07) is 4.12. The molecule has 0 unspecified atom stereocenters. The van der Waals surface area contributed by atoms with Crippen LogP contribution in [0.25, 0.3) is 0 Å². The van der Waals surface area contributed by atoms with E-state index in [1.165, 1.54) is 10.5 Å². The summed E-state index contributed by atoms with van der Waals surface area (Å²) in [5.41, 5.74) is 2.03. The molecule has 1 aliphatic rings. The minimum Gasteiger partial charge on any atom is -0.496 e. The maximum atomic E-state index is 11.0. The topological polar surface area (TPSA) is 46.5 Å². The molecule has 1 fully saturated rings. The molecular weight excluding hydrogens is 248 g/mol. The van der Waals surface area contributed by atoms with Crippen molar-refractivity contribution in [3.05, 3.63) is 23.3 Å². The van der Waals surface area contributed by atoms with Crippen LogP contribution in [-0.4, -0.2) is 24.4 Å². The fourth-order valence-electron chi connectivity index (χ4n) is 2.45. The molecule has 0 bridgehead atoms. The summed E-state index contributed by atoms with van der Waals surface area (Å²) >= 11 is 1.69. The average Bonchev–Trinajstić information content (AvgIpc) is 3.08. The number of carboxylic acid groups (broad SMARTS) is 1. The van der Waals surface area contributed by atoms with Crippen LogP contribution in [0.15, 0.2) is 17.0 Å². The first-order valence-electron chi connectivity index (χ1n) is 5.97. The van der Waals surface area contributed by atoms with E-state index < -0.39 is 5.97 Å². The minimum absolute atomic E-state index is 0.195. The van der Waals surface area contributed by atoms with Gasteiger partial charge in [-0.3, -0.25) is 4.79 Å². The zero-order valence-corrected chi connectivity index (χ0v) is 11.8. The zero-order valence-electron chi connectivity index (χ0n) is 10.9. The summed E-state index contributed by atoms with van der Waals surface area (Å²) in [7, 11) is 1.65. The van der Waals surface area contributed by atoms with Crippen molar-refractivity contribution in [1.29, 1.82) is 0 Å². The Labute approximate surface area is 112 Å². The van der Waals surface area contributed by atoms with E-state index in [1.54, 1.807) is 18.9 Å². The smallest absolute Gasteiger partial charge is 0.304 e. The number of rotatable bonds is 5. The molecule has 1 saturated carbocycles. The lowest BCUT2D eigenvalue weighted by atomic mass is 9.91. The van der Waals surface area contributed by atoms with Crippen LogP contribution < -0.4 is 4.74 Å². The number of ether oxygens (including phenoxy) is 1. The van der Waals surface area contributed by atoms with Crippen LogP contribution in [0.3, 0.4) is 0 Å². The van der Waals surface area contributed by atoms with Crippen LogP contribution in [0.5, 0.6) is 5.75 Å². The normalized spacial score (nSPS) is 16.4. The first-order chi connectivity index (χ1) is 8.52. The van der Waals surface area contributed by atoms with E-state index in [2.05, 4.69) is 13.0 Å². The first kappa shape index (κ1) is 13.3. The van der Waals surface area contributed by atoms with Crippen molar-refractivity contribution >= 4 is 17.7 Å². The Balaban J connectivity index is 2.46. The van der Waals surface area contributed by atoms with Crippen molar-refractivity contribution in [3.63, 3.8) is 0 Å². The van der Waals surface area contributed by atoms with Crippen LogP contribution in [0.2, 0.25) is 0 Å². The van der Waals surface area contributed by atoms with Crippen LogP contribution in [0.4, 0.5) is 0 Å². The number of aryl methyl sites for hydroxylation is 1. The minimum atomic E-state index is -0.735. The third kappa shape index (κ3) is 2.34. The third-order valence-corrected chi connectivity index (χ3v) is 4.51. The summed E-state index contributed by atoms with van der Waals surface area (Å²) in [5.74, 6) is 0.0879. The number of hydrogen-bond acceptors (Lipinski definition) is 3.